The molecule has 3 aromatic rings. The van der Waals surface area contributed by atoms with E-state index in [-0.39, 0.29) is 11.8 Å². The molecule has 29 heavy (non-hydrogen) atoms. The molecule has 1 aliphatic rings. The number of nitrogens with zero attached hydrogens (tertiary/aromatic N) is 4. The Morgan fingerprint density at radius 3 is 2.66 bits per heavy atom. The third-order valence-corrected chi connectivity index (χ3v) is 6.76. The smallest absolute Gasteiger partial charge is 0.270 e. The highest BCUT2D eigenvalue weighted by molar-refractivity contribution is 7.13. The van der Waals surface area contributed by atoms with Crippen LogP contribution in [0.25, 0.3) is 10.6 Å². The number of aromatic nitrogens is 3. The normalized spacial score (nSPS) is 14.7. The number of nitrogens with one attached hydrogen (secondary N) is 1. The summed E-state index contributed by atoms with van der Waals surface area (Å²) in [5, 5.41) is 9.55. The monoisotopic (exact) mass is 427 g/mol. The minimum atomic E-state index is -0.145. The van der Waals surface area contributed by atoms with Crippen molar-refractivity contribution in [2.45, 2.75) is 19.8 Å². The van der Waals surface area contributed by atoms with Crippen molar-refractivity contribution < 1.29 is 9.59 Å². The van der Waals surface area contributed by atoms with Gasteiger partial charge < -0.3 is 10.2 Å². The predicted molar refractivity (Wildman–Crippen MR) is 113 cm³/mol. The van der Waals surface area contributed by atoms with Gasteiger partial charge in [-0.3, -0.25) is 9.59 Å². The van der Waals surface area contributed by atoms with Gasteiger partial charge in [-0.15, -0.1) is 16.4 Å². The molecule has 0 bridgehead atoms. The summed E-state index contributed by atoms with van der Waals surface area (Å²) in [7, 11) is 0. The zero-order valence-corrected chi connectivity index (χ0v) is 17.6. The Morgan fingerprint density at radius 1 is 1.21 bits per heavy atom. The number of thiazole rings is 1. The van der Waals surface area contributed by atoms with Gasteiger partial charge in [-0.25, -0.2) is 4.98 Å². The Bertz CT molecular complexity index is 993. The molecule has 1 aromatic carbocycles. The third-order valence-electron chi connectivity index (χ3n) is 5.06. The summed E-state index contributed by atoms with van der Waals surface area (Å²) < 4.78 is 3.84. The molecular weight excluding hydrogens is 406 g/mol. The molecule has 0 saturated carbocycles. The molecule has 9 heteroatoms. The molecule has 0 radical (unpaired) electrons. The summed E-state index contributed by atoms with van der Waals surface area (Å²) in [5.41, 5.74) is 2.15. The van der Waals surface area contributed by atoms with E-state index in [0.29, 0.717) is 41.8 Å². The molecular formula is C20H21N5O2S2. The fourth-order valence-electron chi connectivity index (χ4n) is 3.33. The Kier molecular flexibility index (Phi) is 5.96. The number of rotatable bonds is 5. The van der Waals surface area contributed by atoms with Gasteiger partial charge in [0.2, 0.25) is 0 Å². The van der Waals surface area contributed by atoms with Crippen LogP contribution in [0.3, 0.4) is 0 Å². The Morgan fingerprint density at radius 2 is 1.97 bits per heavy atom. The number of carbonyl (C=O) groups excluding carboxylic acids is 2. The highest BCUT2D eigenvalue weighted by atomic mass is 32.1. The van der Waals surface area contributed by atoms with E-state index in [1.54, 1.807) is 12.3 Å². The molecule has 0 atom stereocenters. The van der Waals surface area contributed by atoms with Gasteiger partial charge in [0.15, 0.2) is 0 Å². The molecule has 1 saturated heterocycles. The highest BCUT2D eigenvalue weighted by Gasteiger charge is 2.26. The lowest BCUT2D eigenvalue weighted by Crippen LogP contribution is -2.41. The maximum Gasteiger partial charge on any atom is 0.270 e. The second-order valence-electron chi connectivity index (χ2n) is 7.04. The molecule has 2 amide bonds. The van der Waals surface area contributed by atoms with Crippen LogP contribution in [0.5, 0.6) is 0 Å². The van der Waals surface area contributed by atoms with Gasteiger partial charge in [-0.1, -0.05) is 34.8 Å². The zero-order chi connectivity index (χ0) is 20.2. The van der Waals surface area contributed by atoms with Crippen molar-refractivity contribution in [3.8, 4) is 10.6 Å². The predicted octanol–water partition coefficient (Wildman–Crippen LogP) is 3.25. The van der Waals surface area contributed by atoms with Crippen LogP contribution < -0.4 is 5.32 Å². The van der Waals surface area contributed by atoms with E-state index in [1.165, 1.54) is 11.3 Å². The lowest BCUT2D eigenvalue weighted by atomic mass is 9.96. The first-order valence-electron chi connectivity index (χ1n) is 9.49. The van der Waals surface area contributed by atoms with Gasteiger partial charge >= 0.3 is 0 Å². The van der Waals surface area contributed by atoms with Crippen LogP contribution in [0.15, 0.2) is 35.7 Å². The SMILES string of the molecule is Cc1nnsc1C(=O)N1CCC(CNC(=O)c2csc(-c3ccccc3)n2)CC1. The number of piperidine rings is 1. The molecule has 2 aromatic heterocycles. The molecule has 3 heterocycles. The van der Waals surface area contributed by atoms with Gasteiger partial charge in [0, 0.05) is 30.6 Å². The molecule has 150 valence electrons. The van der Waals surface area contributed by atoms with Gasteiger partial charge in [0.1, 0.15) is 15.6 Å². The Balaban J connectivity index is 1.26. The Labute approximate surface area is 177 Å². The van der Waals surface area contributed by atoms with E-state index in [1.807, 2.05) is 35.2 Å². The topological polar surface area (TPSA) is 88.1 Å². The summed E-state index contributed by atoms with van der Waals surface area (Å²) in [6.07, 6.45) is 1.73. The first-order chi connectivity index (χ1) is 14.1. The first-order valence-corrected chi connectivity index (χ1v) is 11.1. The summed E-state index contributed by atoms with van der Waals surface area (Å²) in [5.74, 6) is 0.222. The summed E-state index contributed by atoms with van der Waals surface area (Å²) >= 11 is 2.62. The van der Waals surface area contributed by atoms with Crippen LogP contribution >= 0.6 is 22.9 Å². The number of benzene rings is 1. The van der Waals surface area contributed by atoms with Crippen molar-refractivity contribution in [2.24, 2.45) is 5.92 Å². The number of hydrogen-bond acceptors (Lipinski definition) is 7. The average molecular weight is 428 g/mol. The fourth-order valence-corrected chi connectivity index (χ4v) is 4.76. The second-order valence-corrected chi connectivity index (χ2v) is 8.65. The fraction of sp³-hybridized carbons (Fsp3) is 0.350. The molecule has 7 nitrogen and oxygen atoms in total. The van der Waals surface area contributed by atoms with Gasteiger partial charge in [0.05, 0.1) is 5.69 Å². The summed E-state index contributed by atoms with van der Waals surface area (Å²) in [6.45, 7) is 3.78. The largest absolute Gasteiger partial charge is 0.350 e. The first kappa shape index (κ1) is 19.7. The number of carbonyl (C=O) groups is 2. The van der Waals surface area contributed by atoms with E-state index in [2.05, 4.69) is 19.9 Å². The van der Waals surface area contributed by atoms with Gasteiger partial charge in [-0.05, 0) is 37.2 Å². The maximum absolute atomic E-state index is 12.5. The van der Waals surface area contributed by atoms with Crippen molar-refractivity contribution in [3.63, 3.8) is 0 Å². The van der Waals surface area contributed by atoms with Crippen molar-refractivity contribution >= 4 is 34.7 Å². The van der Waals surface area contributed by atoms with E-state index >= 15 is 0 Å². The van der Waals surface area contributed by atoms with Crippen LogP contribution in [-0.4, -0.2) is 50.9 Å². The Hall–Kier alpha value is -2.65. The van der Waals surface area contributed by atoms with E-state index in [0.717, 1.165) is 34.9 Å². The lowest BCUT2D eigenvalue weighted by molar-refractivity contribution is 0.0688. The van der Waals surface area contributed by atoms with E-state index in [9.17, 15) is 9.59 Å². The lowest BCUT2D eigenvalue weighted by Gasteiger charge is -2.31. The summed E-state index contributed by atoms with van der Waals surface area (Å²) in [4.78, 5) is 31.9. The maximum atomic E-state index is 12.5. The molecule has 4 rings (SSSR count). The molecule has 1 N–H and O–H groups in total. The molecule has 0 spiro atoms. The highest BCUT2D eigenvalue weighted by Crippen LogP contribution is 2.24. The van der Waals surface area contributed by atoms with Crippen molar-refractivity contribution in [1.29, 1.82) is 0 Å². The standard InChI is InChI=1S/C20H21N5O2S2/c1-13-17(29-24-23-13)20(27)25-9-7-14(8-10-25)11-21-18(26)16-12-28-19(22-16)15-5-3-2-4-6-15/h2-6,12,14H,7-11H2,1H3,(H,21,26). The van der Waals surface area contributed by atoms with Crippen LogP contribution in [0, 0.1) is 12.8 Å². The van der Waals surface area contributed by atoms with Gasteiger partial charge in [-0.2, -0.15) is 0 Å². The van der Waals surface area contributed by atoms with Crippen molar-refractivity contribution in [2.75, 3.05) is 19.6 Å². The zero-order valence-electron chi connectivity index (χ0n) is 16.0. The van der Waals surface area contributed by atoms with Crippen LogP contribution in [0.2, 0.25) is 0 Å². The third kappa shape index (κ3) is 4.51. The van der Waals surface area contributed by atoms with Gasteiger partial charge in [0.25, 0.3) is 11.8 Å². The molecule has 0 aliphatic carbocycles. The van der Waals surface area contributed by atoms with Crippen molar-refractivity contribution in [1.82, 2.24) is 24.8 Å². The minimum absolute atomic E-state index is 0.0101. The second kappa shape index (κ2) is 8.79. The average Bonchev–Trinajstić information content (AvgIpc) is 3.42. The summed E-state index contributed by atoms with van der Waals surface area (Å²) in [6, 6.07) is 9.85. The quantitative estimate of drug-likeness (QED) is 0.675. The van der Waals surface area contributed by atoms with E-state index < -0.39 is 0 Å². The molecule has 1 aliphatic heterocycles. The van der Waals surface area contributed by atoms with Crippen molar-refractivity contribution in [3.05, 3.63) is 52.0 Å². The number of hydrogen-bond donors (Lipinski definition) is 1. The van der Waals surface area contributed by atoms with E-state index in [4.69, 9.17) is 0 Å². The minimum Gasteiger partial charge on any atom is -0.350 e. The van der Waals surface area contributed by atoms with Crippen LogP contribution in [0.4, 0.5) is 0 Å². The molecule has 0 unspecified atom stereocenters. The number of aryl methyl sites for hydroxylation is 1. The number of amides is 2. The number of likely N-dealkylation sites (tertiary alicyclic amines) is 1. The molecule has 1 fully saturated rings. The van der Waals surface area contributed by atoms with Crippen LogP contribution in [0.1, 0.15) is 38.7 Å². The van der Waals surface area contributed by atoms with Crippen LogP contribution in [-0.2, 0) is 0 Å².